The largest absolute Gasteiger partial charge is 0.359 e. The normalized spacial score (nSPS) is 11.6. The molecule has 4 heteroatoms. The Morgan fingerprint density at radius 2 is 1.89 bits per heavy atom. The van der Waals surface area contributed by atoms with Crippen molar-refractivity contribution in [3.8, 4) is 0 Å². The van der Waals surface area contributed by atoms with E-state index < -0.39 is 0 Å². The maximum absolute atomic E-state index is 5.12. The highest BCUT2D eigenvalue weighted by atomic mass is 32.1. The van der Waals surface area contributed by atoms with Crippen molar-refractivity contribution in [3.63, 3.8) is 0 Å². The van der Waals surface area contributed by atoms with Gasteiger partial charge in [-0.05, 0) is 69.6 Å². The molecule has 0 amide bonds. The van der Waals surface area contributed by atoms with Crippen LogP contribution in [0.3, 0.4) is 0 Å². The first-order chi connectivity index (χ1) is 8.40. The fraction of sp³-hybridized carbons (Fsp3) is 0.429. The van der Waals surface area contributed by atoms with Crippen LogP contribution in [0.15, 0.2) is 23.3 Å². The van der Waals surface area contributed by atoms with Gasteiger partial charge in [-0.2, -0.15) is 5.10 Å². The van der Waals surface area contributed by atoms with Crippen LogP contribution >= 0.6 is 12.2 Å². The van der Waals surface area contributed by atoms with E-state index in [1.54, 1.807) is 0 Å². The van der Waals surface area contributed by atoms with Gasteiger partial charge in [0.1, 0.15) is 0 Å². The number of aryl methyl sites for hydroxylation is 2. The van der Waals surface area contributed by atoms with Crippen LogP contribution in [0.1, 0.15) is 37.5 Å². The minimum atomic E-state index is 0.308. The van der Waals surface area contributed by atoms with Crippen LogP contribution in [0.25, 0.3) is 0 Å². The Labute approximate surface area is 115 Å². The lowest BCUT2D eigenvalue weighted by Gasteiger charge is -2.11. The highest BCUT2D eigenvalue weighted by molar-refractivity contribution is 7.80. The van der Waals surface area contributed by atoms with Gasteiger partial charge >= 0.3 is 0 Å². The summed E-state index contributed by atoms with van der Waals surface area (Å²) in [5.74, 6) is 0. The summed E-state index contributed by atoms with van der Waals surface area (Å²) in [5, 5.41) is 7.91. The van der Waals surface area contributed by atoms with Crippen LogP contribution in [0, 0.1) is 13.8 Å². The van der Waals surface area contributed by atoms with Crippen LogP contribution in [0.4, 0.5) is 0 Å². The van der Waals surface area contributed by atoms with Crippen molar-refractivity contribution in [1.29, 1.82) is 0 Å². The van der Waals surface area contributed by atoms with Crippen LogP contribution in [0.2, 0.25) is 0 Å². The molecule has 0 spiro atoms. The summed E-state index contributed by atoms with van der Waals surface area (Å²) in [4.78, 5) is 0. The molecule has 0 atom stereocenters. The van der Waals surface area contributed by atoms with Crippen molar-refractivity contribution in [3.05, 3.63) is 34.9 Å². The van der Waals surface area contributed by atoms with E-state index in [0.29, 0.717) is 11.2 Å². The molecule has 0 aliphatic carbocycles. The molecule has 0 aromatic heterocycles. The van der Waals surface area contributed by atoms with Crippen molar-refractivity contribution in [2.24, 2.45) is 5.10 Å². The molecule has 0 heterocycles. The van der Waals surface area contributed by atoms with Crippen molar-refractivity contribution in [2.45, 2.75) is 40.7 Å². The predicted octanol–water partition coefficient (Wildman–Crippen LogP) is 2.90. The molecule has 18 heavy (non-hydrogen) atoms. The van der Waals surface area contributed by atoms with Crippen molar-refractivity contribution in [1.82, 2.24) is 10.7 Å². The number of benzene rings is 1. The third kappa shape index (κ3) is 4.45. The van der Waals surface area contributed by atoms with Crippen LogP contribution in [-0.2, 0) is 0 Å². The minimum Gasteiger partial charge on any atom is -0.359 e. The first-order valence-corrected chi connectivity index (χ1v) is 6.49. The first-order valence-electron chi connectivity index (χ1n) is 6.08. The standard InChI is InChI=1S/C14H21N3S/c1-9(2)15-14(18)17-16-12(5)13-7-6-10(3)11(4)8-13/h6-9H,1-5H3,(H2,15,17,18). The van der Waals surface area contributed by atoms with Gasteiger partial charge in [0, 0.05) is 6.04 Å². The Hall–Kier alpha value is -1.42. The molecular formula is C14H21N3S. The minimum absolute atomic E-state index is 0.308. The smallest absolute Gasteiger partial charge is 0.187 e. The number of nitrogens with one attached hydrogen (secondary N) is 2. The second kappa shape index (κ2) is 6.50. The molecule has 0 unspecified atom stereocenters. The van der Waals surface area contributed by atoms with Gasteiger partial charge < -0.3 is 5.32 Å². The Morgan fingerprint density at radius 1 is 1.22 bits per heavy atom. The van der Waals surface area contributed by atoms with Gasteiger partial charge in [0.05, 0.1) is 5.71 Å². The Balaban J connectivity index is 2.71. The Morgan fingerprint density at radius 3 is 2.44 bits per heavy atom. The SMILES string of the molecule is CC(=NNC(=S)NC(C)C)c1ccc(C)c(C)c1. The molecule has 0 aliphatic rings. The lowest BCUT2D eigenvalue weighted by Crippen LogP contribution is -2.37. The van der Waals surface area contributed by atoms with Gasteiger partial charge in [0.15, 0.2) is 5.11 Å². The Bertz CT molecular complexity index is 464. The van der Waals surface area contributed by atoms with E-state index in [9.17, 15) is 0 Å². The zero-order valence-electron chi connectivity index (χ0n) is 11.7. The molecule has 2 N–H and O–H groups in total. The van der Waals surface area contributed by atoms with Gasteiger partial charge in [-0.15, -0.1) is 0 Å². The summed E-state index contributed by atoms with van der Waals surface area (Å²) in [6, 6.07) is 6.62. The molecule has 1 aromatic carbocycles. The van der Waals surface area contributed by atoms with Crippen LogP contribution in [0.5, 0.6) is 0 Å². The molecule has 3 nitrogen and oxygen atoms in total. The molecule has 98 valence electrons. The number of nitrogens with zero attached hydrogens (tertiary/aromatic N) is 1. The Kier molecular flexibility index (Phi) is 5.28. The number of rotatable bonds is 3. The number of thiocarbonyl (C=S) groups is 1. The summed E-state index contributed by atoms with van der Waals surface area (Å²) >= 11 is 5.12. The van der Waals surface area contributed by atoms with Gasteiger partial charge in [0.25, 0.3) is 0 Å². The first kappa shape index (κ1) is 14.6. The molecule has 0 saturated heterocycles. The molecule has 1 aromatic rings. The van der Waals surface area contributed by atoms with E-state index in [4.69, 9.17) is 12.2 Å². The lowest BCUT2D eigenvalue weighted by molar-refractivity contribution is 0.719. The summed E-state index contributed by atoms with van der Waals surface area (Å²) in [5.41, 5.74) is 7.44. The third-order valence-corrected chi connectivity index (χ3v) is 2.88. The van der Waals surface area contributed by atoms with Crippen LogP contribution < -0.4 is 10.7 Å². The maximum atomic E-state index is 5.12. The summed E-state index contributed by atoms with van der Waals surface area (Å²) in [6.07, 6.45) is 0. The lowest BCUT2D eigenvalue weighted by atomic mass is 10.0. The molecule has 0 radical (unpaired) electrons. The molecule has 0 aliphatic heterocycles. The topological polar surface area (TPSA) is 36.4 Å². The van der Waals surface area contributed by atoms with E-state index in [0.717, 1.165) is 11.3 Å². The van der Waals surface area contributed by atoms with Crippen molar-refractivity contribution < 1.29 is 0 Å². The average molecular weight is 263 g/mol. The van der Waals surface area contributed by atoms with E-state index in [-0.39, 0.29) is 0 Å². The van der Waals surface area contributed by atoms with E-state index >= 15 is 0 Å². The van der Waals surface area contributed by atoms with Gasteiger partial charge in [-0.25, -0.2) is 0 Å². The van der Waals surface area contributed by atoms with E-state index in [1.807, 2.05) is 20.8 Å². The zero-order chi connectivity index (χ0) is 13.7. The highest BCUT2D eigenvalue weighted by Gasteiger charge is 2.01. The van der Waals surface area contributed by atoms with Gasteiger partial charge in [0.2, 0.25) is 0 Å². The number of hydrazone groups is 1. The summed E-state index contributed by atoms with van der Waals surface area (Å²) in [7, 11) is 0. The van der Waals surface area contributed by atoms with Gasteiger partial charge in [-0.3, -0.25) is 5.43 Å². The molecule has 0 fully saturated rings. The fourth-order valence-corrected chi connectivity index (χ4v) is 1.74. The second-order valence-corrected chi connectivity index (χ2v) is 5.14. The van der Waals surface area contributed by atoms with E-state index in [1.165, 1.54) is 11.1 Å². The molecular weight excluding hydrogens is 242 g/mol. The quantitative estimate of drug-likeness (QED) is 0.500. The fourth-order valence-electron chi connectivity index (χ4n) is 1.46. The van der Waals surface area contributed by atoms with Gasteiger partial charge in [-0.1, -0.05) is 12.1 Å². The zero-order valence-corrected chi connectivity index (χ0v) is 12.5. The third-order valence-electron chi connectivity index (χ3n) is 2.67. The van der Waals surface area contributed by atoms with Crippen LogP contribution in [-0.4, -0.2) is 16.9 Å². The van der Waals surface area contributed by atoms with Crippen molar-refractivity contribution >= 4 is 23.0 Å². The molecule has 0 saturated carbocycles. The average Bonchev–Trinajstić information content (AvgIpc) is 2.28. The highest BCUT2D eigenvalue weighted by Crippen LogP contribution is 2.10. The monoisotopic (exact) mass is 263 g/mol. The predicted molar refractivity (Wildman–Crippen MR) is 82.1 cm³/mol. The van der Waals surface area contributed by atoms with Crippen molar-refractivity contribution in [2.75, 3.05) is 0 Å². The number of hydrogen-bond donors (Lipinski definition) is 2. The molecule has 0 bridgehead atoms. The summed E-state index contributed by atoms with van der Waals surface area (Å²) < 4.78 is 0. The number of hydrogen-bond acceptors (Lipinski definition) is 2. The summed E-state index contributed by atoms with van der Waals surface area (Å²) in [6.45, 7) is 10.2. The second-order valence-electron chi connectivity index (χ2n) is 4.74. The molecule has 1 rings (SSSR count). The maximum Gasteiger partial charge on any atom is 0.187 e. The van der Waals surface area contributed by atoms with E-state index in [2.05, 4.69) is 47.9 Å².